The molecule has 1 atom stereocenters. The molecule has 0 unspecified atom stereocenters. The predicted octanol–water partition coefficient (Wildman–Crippen LogP) is 1.66. The zero-order chi connectivity index (χ0) is 17.1. The van der Waals surface area contributed by atoms with Crippen LogP contribution in [0.5, 0.6) is 0 Å². The number of nitrogens with one attached hydrogen (secondary N) is 1. The van der Waals surface area contributed by atoms with Crippen molar-refractivity contribution in [3.05, 3.63) is 30.4 Å². The topological polar surface area (TPSA) is 84.1 Å². The van der Waals surface area contributed by atoms with Crippen LogP contribution >= 0.6 is 0 Å². The van der Waals surface area contributed by atoms with E-state index in [0.29, 0.717) is 30.5 Å². The zero-order valence-electron chi connectivity index (χ0n) is 14.2. The van der Waals surface area contributed by atoms with Crippen molar-refractivity contribution < 1.29 is 9.32 Å². The van der Waals surface area contributed by atoms with Gasteiger partial charge in [-0.25, -0.2) is 0 Å². The Bertz CT molecular complexity index is 713. The number of amides is 1. The molecule has 1 saturated carbocycles. The van der Waals surface area contributed by atoms with E-state index in [4.69, 9.17) is 4.52 Å². The minimum Gasteiger partial charge on any atom is -0.356 e. The summed E-state index contributed by atoms with van der Waals surface area (Å²) in [6.45, 7) is 3.08. The van der Waals surface area contributed by atoms with E-state index in [-0.39, 0.29) is 5.91 Å². The Morgan fingerprint density at radius 1 is 1.36 bits per heavy atom. The summed E-state index contributed by atoms with van der Waals surface area (Å²) < 4.78 is 5.22. The van der Waals surface area contributed by atoms with E-state index in [2.05, 4.69) is 25.3 Å². The van der Waals surface area contributed by atoms with Crippen LogP contribution in [0.2, 0.25) is 0 Å². The Kier molecular flexibility index (Phi) is 4.74. The van der Waals surface area contributed by atoms with E-state index in [1.807, 2.05) is 12.1 Å². The third-order valence-electron chi connectivity index (χ3n) is 4.92. The third kappa shape index (κ3) is 4.22. The van der Waals surface area contributed by atoms with E-state index in [0.717, 1.165) is 24.7 Å². The lowest BCUT2D eigenvalue weighted by molar-refractivity contribution is -0.121. The van der Waals surface area contributed by atoms with Gasteiger partial charge >= 0.3 is 0 Å². The van der Waals surface area contributed by atoms with Crippen molar-refractivity contribution >= 4 is 5.91 Å². The maximum Gasteiger partial charge on any atom is 0.227 e. The maximum absolute atomic E-state index is 12.1. The van der Waals surface area contributed by atoms with Gasteiger partial charge in [0.05, 0.1) is 0 Å². The lowest BCUT2D eigenvalue weighted by Crippen LogP contribution is -2.31. The molecule has 1 amide bonds. The van der Waals surface area contributed by atoms with Crippen LogP contribution in [0.15, 0.2) is 29.0 Å². The number of rotatable bonds is 7. The normalized spacial score (nSPS) is 20.7. The molecular weight excluding hydrogens is 318 g/mol. The Labute approximate surface area is 146 Å². The molecule has 1 aliphatic carbocycles. The van der Waals surface area contributed by atoms with Gasteiger partial charge in [-0.1, -0.05) is 5.16 Å². The van der Waals surface area contributed by atoms with Gasteiger partial charge in [0.25, 0.3) is 0 Å². The van der Waals surface area contributed by atoms with Crippen molar-refractivity contribution in [3.8, 4) is 11.4 Å². The highest BCUT2D eigenvalue weighted by Gasteiger charge is 2.34. The highest BCUT2D eigenvalue weighted by Crippen LogP contribution is 2.31. The van der Waals surface area contributed by atoms with Gasteiger partial charge in [-0.05, 0) is 43.9 Å². The second-order valence-corrected chi connectivity index (χ2v) is 6.94. The Morgan fingerprint density at radius 2 is 2.28 bits per heavy atom. The smallest absolute Gasteiger partial charge is 0.227 e. The van der Waals surface area contributed by atoms with Crippen LogP contribution in [0.3, 0.4) is 0 Å². The summed E-state index contributed by atoms with van der Waals surface area (Å²) in [5.41, 5.74) is 0.809. The number of carbonyl (C=O) groups is 1. The molecule has 7 nitrogen and oxygen atoms in total. The molecule has 1 N–H and O–H groups in total. The minimum absolute atomic E-state index is 0.0472. The highest BCUT2D eigenvalue weighted by molar-refractivity contribution is 5.76. The first-order chi connectivity index (χ1) is 12.3. The van der Waals surface area contributed by atoms with Crippen molar-refractivity contribution in [3.63, 3.8) is 0 Å². The molecule has 1 aliphatic heterocycles. The van der Waals surface area contributed by atoms with Crippen LogP contribution in [0.1, 0.15) is 31.6 Å². The molecule has 2 aliphatic rings. The number of hydrogen-bond acceptors (Lipinski definition) is 6. The van der Waals surface area contributed by atoms with E-state index in [1.54, 1.807) is 12.4 Å². The quantitative estimate of drug-likeness (QED) is 0.825. The van der Waals surface area contributed by atoms with Crippen LogP contribution in [0, 0.1) is 5.92 Å². The van der Waals surface area contributed by atoms with Crippen LogP contribution < -0.4 is 5.32 Å². The van der Waals surface area contributed by atoms with Crippen molar-refractivity contribution in [2.24, 2.45) is 5.92 Å². The van der Waals surface area contributed by atoms with Gasteiger partial charge in [-0.15, -0.1) is 0 Å². The van der Waals surface area contributed by atoms with Crippen molar-refractivity contribution in [2.45, 2.75) is 38.1 Å². The second-order valence-electron chi connectivity index (χ2n) is 6.94. The first kappa shape index (κ1) is 16.2. The standard InChI is InChI=1S/C18H23N5O2/c24-16(20-10-13-7-9-23(12-13)15-3-4-15)5-6-17-21-18(22-25-17)14-2-1-8-19-11-14/h1-2,8,11,13,15H,3-7,9-10,12H2,(H,20,24)/t13-/m1/s1. The van der Waals surface area contributed by atoms with E-state index in [9.17, 15) is 4.79 Å². The third-order valence-corrected chi connectivity index (χ3v) is 4.92. The molecule has 0 bridgehead atoms. The lowest BCUT2D eigenvalue weighted by Gasteiger charge is -2.15. The highest BCUT2D eigenvalue weighted by atomic mass is 16.5. The van der Waals surface area contributed by atoms with Crippen molar-refractivity contribution in [1.29, 1.82) is 0 Å². The van der Waals surface area contributed by atoms with Gasteiger partial charge in [-0.2, -0.15) is 4.98 Å². The number of likely N-dealkylation sites (tertiary alicyclic amines) is 1. The summed E-state index contributed by atoms with van der Waals surface area (Å²) in [6, 6.07) is 4.53. The molecule has 4 rings (SSSR count). The Hall–Kier alpha value is -2.28. The van der Waals surface area contributed by atoms with Crippen molar-refractivity contribution in [2.75, 3.05) is 19.6 Å². The average Bonchev–Trinajstić information content (AvgIpc) is 3.20. The largest absolute Gasteiger partial charge is 0.356 e. The number of nitrogens with zero attached hydrogens (tertiary/aromatic N) is 4. The van der Waals surface area contributed by atoms with Gasteiger partial charge in [0.1, 0.15) is 0 Å². The minimum atomic E-state index is 0.0472. The van der Waals surface area contributed by atoms with Gasteiger partial charge in [0.15, 0.2) is 0 Å². The summed E-state index contributed by atoms with van der Waals surface area (Å²) in [5.74, 6) is 1.63. The lowest BCUT2D eigenvalue weighted by atomic mass is 10.1. The molecule has 2 aromatic heterocycles. The van der Waals surface area contributed by atoms with Gasteiger partial charge in [0.2, 0.25) is 17.6 Å². The monoisotopic (exact) mass is 341 g/mol. The number of carbonyl (C=O) groups excluding carboxylic acids is 1. The summed E-state index contributed by atoms with van der Waals surface area (Å²) in [7, 11) is 0. The number of aromatic nitrogens is 3. The first-order valence-electron chi connectivity index (χ1n) is 9.01. The van der Waals surface area contributed by atoms with E-state index < -0.39 is 0 Å². The average molecular weight is 341 g/mol. The molecule has 25 heavy (non-hydrogen) atoms. The number of hydrogen-bond donors (Lipinski definition) is 1. The molecule has 2 aromatic rings. The number of aryl methyl sites for hydroxylation is 1. The molecule has 0 aromatic carbocycles. The molecular formula is C18H23N5O2. The fourth-order valence-corrected chi connectivity index (χ4v) is 3.34. The molecule has 3 heterocycles. The molecule has 7 heteroatoms. The van der Waals surface area contributed by atoms with Gasteiger partial charge in [0, 0.05) is 49.9 Å². The van der Waals surface area contributed by atoms with Crippen molar-refractivity contribution in [1.82, 2.24) is 25.3 Å². The van der Waals surface area contributed by atoms with E-state index in [1.165, 1.54) is 25.8 Å². The SMILES string of the molecule is O=C(CCc1nc(-c2cccnc2)no1)NC[C@H]1CCN(C2CC2)C1. The van der Waals surface area contributed by atoms with Crippen LogP contribution in [-0.2, 0) is 11.2 Å². The molecule has 0 spiro atoms. The fourth-order valence-electron chi connectivity index (χ4n) is 3.34. The second kappa shape index (κ2) is 7.31. The molecule has 2 fully saturated rings. The van der Waals surface area contributed by atoms with Gasteiger partial charge in [-0.3, -0.25) is 9.78 Å². The first-order valence-corrected chi connectivity index (χ1v) is 9.01. The van der Waals surface area contributed by atoms with Crippen LogP contribution in [0.4, 0.5) is 0 Å². The molecule has 132 valence electrons. The summed E-state index contributed by atoms with van der Waals surface area (Å²) in [4.78, 5) is 23.0. The summed E-state index contributed by atoms with van der Waals surface area (Å²) in [6.07, 6.45) is 8.10. The fraction of sp³-hybridized carbons (Fsp3) is 0.556. The summed E-state index contributed by atoms with van der Waals surface area (Å²) >= 11 is 0. The maximum atomic E-state index is 12.1. The van der Waals surface area contributed by atoms with Gasteiger partial charge < -0.3 is 14.7 Å². The Morgan fingerprint density at radius 3 is 3.08 bits per heavy atom. The van der Waals surface area contributed by atoms with E-state index >= 15 is 0 Å². The zero-order valence-corrected chi connectivity index (χ0v) is 14.2. The predicted molar refractivity (Wildman–Crippen MR) is 91.6 cm³/mol. The van der Waals surface area contributed by atoms with Crippen LogP contribution in [0.25, 0.3) is 11.4 Å². The summed E-state index contributed by atoms with van der Waals surface area (Å²) in [5, 5.41) is 6.99. The Balaban J connectivity index is 1.19. The molecule has 0 radical (unpaired) electrons. The molecule has 1 saturated heterocycles. The number of pyridine rings is 1. The van der Waals surface area contributed by atoms with Crippen LogP contribution in [-0.4, -0.2) is 51.6 Å².